The zero-order valence-corrected chi connectivity index (χ0v) is 24.5. The Kier molecular flexibility index (Phi) is 11.6. The summed E-state index contributed by atoms with van der Waals surface area (Å²) < 4.78 is 48.3. The van der Waals surface area contributed by atoms with E-state index in [2.05, 4.69) is 0 Å². The summed E-state index contributed by atoms with van der Waals surface area (Å²) in [5.74, 6) is -0.654. The van der Waals surface area contributed by atoms with Crippen molar-refractivity contribution in [2.45, 2.75) is 146 Å². The van der Waals surface area contributed by atoms with Crippen molar-refractivity contribution < 1.29 is 58.3 Å². The van der Waals surface area contributed by atoms with Crippen molar-refractivity contribution in [1.82, 2.24) is 0 Å². The lowest BCUT2D eigenvalue weighted by atomic mass is 9.90. The fourth-order valence-corrected chi connectivity index (χ4v) is 6.56. The first-order valence-electron chi connectivity index (χ1n) is 14.7. The molecule has 4 aliphatic heterocycles. The van der Waals surface area contributed by atoms with Gasteiger partial charge in [-0.05, 0) is 34.6 Å². The third kappa shape index (κ3) is 7.53. The maximum atomic E-state index is 11.0. The highest BCUT2D eigenvalue weighted by Gasteiger charge is 2.46. The Morgan fingerprint density at radius 2 is 1.10 bits per heavy atom. The van der Waals surface area contributed by atoms with E-state index in [0.29, 0.717) is 19.3 Å². The molecule has 4 N–H and O–H groups in total. The average Bonchev–Trinajstić information content (AvgIpc) is 2.90. The number of ether oxygens (including phenoxy) is 8. The molecule has 0 aromatic heterocycles. The molecule has 40 heavy (non-hydrogen) atoms. The third-order valence-corrected chi connectivity index (χ3v) is 8.80. The summed E-state index contributed by atoms with van der Waals surface area (Å²) in [5, 5.41) is 41.0. The van der Waals surface area contributed by atoms with E-state index in [1.54, 1.807) is 14.0 Å². The minimum Gasteiger partial charge on any atom is -0.396 e. The first-order valence-corrected chi connectivity index (χ1v) is 14.7. The molecule has 12 heteroatoms. The number of methoxy groups -OCH3 is 1. The second kappa shape index (κ2) is 14.3. The van der Waals surface area contributed by atoms with Crippen LogP contribution in [0.1, 0.15) is 60.3 Å². The van der Waals surface area contributed by atoms with Gasteiger partial charge < -0.3 is 58.3 Å². The molecule has 4 rings (SSSR count). The lowest BCUT2D eigenvalue weighted by molar-refractivity contribution is -0.337. The summed E-state index contributed by atoms with van der Waals surface area (Å²) in [5.41, 5.74) is 0. The molecule has 0 aromatic rings. The fourth-order valence-electron chi connectivity index (χ4n) is 6.56. The number of hydrogen-bond donors (Lipinski definition) is 4. The van der Waals surface area contributed by atoms with Crippen LogP contribution in [-0.2, 0) is 37.9 Å². The van der Waals surface area contributed by atoms with Gasteiger partial charge in [0.05, 0.1) is 54.9 Å². The standard InChI is InChI=1S/C28H50O12/c1-13-7-21(33-6)28(17(5)34-13)40-24-10-20(31)27(16(4)37-24)39-23-9-19(12-30)26(15(3)36-23)38-22-8-18(11-29)25(32)14(2)35-22/h13-32H,7-12H2,1-6H3. The van der Waals surface area contributed by atoms with Crippen LogP contribution < -0.4 is 0 Å². The topological polar surface area (TPSA) is 155 Å². The van der Waals surface area contributed by atoms with Crippen molar-refractivity contribution in [2.24, 2.45) is 11.8 Å². The molecule has 4 aliphatic rings. The van der Waals surface area contributed by atoms with Crippen LogP contribution >= 0.6 is 0 Å². The van der Waals surface area contributed by atoms with E-state index in [4.69, 9.17) is 37.9 Å². The van der Waals surface area contributed by atoms with Crippen LogP contribution in [0.2, 0.25) is 0 Å². The average molecular weight is 579 g/mol. The van der Waals surface area contributed by atoms with Crippen LogP contribution in [-0.4, -0.2) is 127 Å². The minimum absolute atomic E-state index is 0.0732. The highest BCUT2D eigenvalue weighted by Crippen LogP contribution is 2.36. The molecule has 4 fully saturated rings. The van der Waals surface area contributed by atoms with Crippen molar-refractivity contribution in [3.05, 3.63) is 0 Å². The summed E-state index contributed by atoms with van der Waals surface area (Å²) in [6, 6.07) is 0. The lowest BCUT2D eigenvalue weighted by Gasteiger charge is -2.46. The Bertz CT molecular complexity index is 762. The zero-order chi connectivity index (χ0) is 29.1. The Balaban J connectivity index is 1.31. The van der Waals surface area contributed by atoms with Gasteiger partial charge in [-0.1, -0.05) is 0 Å². The molecular weight excluding hydrogens is 528 g/mol. The van der Waals surface area contributed by atoms with Gasteiger partial charge in [0.15, 0.2) is 18.9 Å². The SMILES string of the molecule is COC1CC(C)OC(C)C1OC1CC(O)C(OC2CC(CO)C(OC3CC(CO)C(O)C(C)O3)C(C)O2)C(C)O1. The van der Waals surface area contributed by atoms with Gasteiger partial charge in [0, 0.05) is 57.8 Å². The fraction of sp³-hybridized carbons (Fsp3) is 1.00. The quantitative estimate of drug-likeness (QED) is 0.304. The third-order valence-electron chi connectivity index (χ3n) is 8.80. The number of aliphatic hydroxyl groups is 4. The second-order valence-electron chi connectivity index (χ2n) is 11.9. The van der Waals surface area contributed by atoms with Gasteiger partial charge in [-0.15, -0.1) is 0 Å². The molecule has 0 aromatic carbocycles. The highest BCUT2D eigenvalue weighted by atomic mass is 16.7. The molecule has 4 saturated heterocycles. The Morgan fingerprint density at radius 1 is 0.600 bits per heavy atom. The van der Waals surface area contributed by atoms with Gasteiger partial charge in [0.1, 0.15) is 12.2 Å². The van der Waals surface area contributed by atoms with Crippen LogP contribution in [0.4, 0.5) is 0 Å². The monoisotopic (exact) mass is 578 g/mol. The maximum absolute atomic E-state index is 11.0. The Labute approximate surface area is 237 Å². The molecule has 12 nitrogen and oxygen atoms in total. The van der Waals surface area contributed by atoms with Crippen molar-refractivity contribution in [3.63, 3.8) is 0 Å². The molecule has 16 atom stereocenters. The lowest BCUT2D eigenvalue weighted by Crippen LogP contribution is -2.56. The molecule has 0 radical (unpaired) electrons. The van der Waals surface area contributed by atoms with Crippen LogP contribution in [0, 0.1) is 11.8 Å². The van der Waals surface area contributed by atoms with Crippen molar-refractivity contribution in [2.75, 3.05) is 20.3 Å². The molecule has 0 aliphatic carbocycles. The van der Waals surface area contributed by atoms with Crippen molar-refractivity contribution in [1.29, 1.82) is 0 Å². The van der Waals surface area contributed by atoms with Gasteiger partial charge in [-0.3, -0.25) is 0 Å². The van der Waals surface area contributed by atoms with E-state index in [1.807, 2.05) is 27.7 Å². The summed E-state index contributed by atoms with van der Waals surface area (Å²) in [4.78, 5) is 0. The first-order chi connectivity index (χ1) is 19.0. The van der Waals surface area contributed by atoms with Crippen LogP contribution in [0.15, 0.2) is 0 Å². The summed E-state index contributed by atoms with van der Waals surface area (Å²) >= 11 is 0. The number of aliphatic hydroxyl groups excluding tert-OH is 4. The normalized spacial score (nSPS) is 50.5. The second-order valence-corrected chi connectivity index (χ2v) is 11.9. The predicted molar refractivity (Wildman–Crippen MR) is 140 cm³/mol. The molecule has 4 heterocycles. The van der Waals surface area contributed by atoms with E-state index >= 15 is 0 Å². The van der Waals surface area contributed by atoms with Gasteiger partial charge in [0.2, 0.25) is 0 Å². The van der Waals surface area contributed by atoms with E-state index in [1.165, 1.54) is 0 Å². The molecule has 234 valence electrons. The Hall–Kier alpha value is -0.480. The summed E-state index contributed by atoms with van der Waals surface area (Å²) in [6.07, 6.45) is -5.05. The molecule has 16 unspecified atom stereocenters. The van der Waals surface area contributed by atoms with E-state index in [-0.39, 0.29) is 55.9 Å². The molecule has 0 amide bonds. The molecule has 0 spiro atoms. The van der Waals surface area contributed by atoms with E-state index in [9.17, 15) is 20.4 Å². The summed E-state index contributed by atoms with van der Waals surface area (Å²) in [6.45, 7) is 9.06. The smallest absolute Gasteiger partial charge is 0.161 e. The largest absolute Gasteiger partial charge is 0.396 e. The van der Waals surface area contributed by atoms with Gasteiger partial charge in [-0.25, -0.2) is 0 Å². The summed E-state index contributed by atoms with van der Waals surface area (Å²) in [7, 11) is 1.66. The molecule has 0 bridgehead atoms. The van der Waals surface area contributed by atoms with Crippen LogP contribution in [0.5, 0.6) is 0 Å². The Morgan fingerprint density at radius 3 is 1.70 bits per heavy atom. The van der Waals surface area contributed by atoms with Crippen molar-refractivity contribution >= 4 is 0 Å². The van der Waals surface area contributed by atoms with Gasteiger partial charge in [0.25, 0.3) is 0 Å². The van der Waals surface area contributed by atoms with Gasteiger partial charge in [-0.2, -0.15) is 0 Å². The van der Waals surface area contributed by atoms with Crippen LogP contribution in [0.3, 0.4) is 0 Å². The van der Waals surface area contributed by atoms with Gasteiger partial charge >= 0.3 is 0 Å². The number of rotatable bonds is 9. The number of hydrogen-bond acceptors (Lipinski definition) is 12. The molecule has 0 saturated carbocycles. The minimum atomic E-state index is -0.854. The molecular formula is C28H50O12. The van der Waals surface area contributed by atoms with Crippen molar-refractivity contribution in [3.8, 4) is 0 Å². The maximum Gasteiger partial charge on any atom is 0.161 e. The van der Waals surface area contributed by atoms with E-state index < -0.39 is 61.6 Å². The first kappa shape index (κ1) is 32.4. The van der Waals surface area contributed by atoms with E-state index in [0.717, 1.165) is 0 Å². The van der Waals surface area contributed by atoms with Crippen LogP contribution in [0.25, 0.3) is 0 Å². The predicted octanol–water partition coefficient (Wildman–Crippen LogP) is 0.698. The zero-order valence-electron chi connectivity index (χ0n) is 24.5. The highest BCUT2D eigenvalue weighted by molar-refractivity contribution is 4.89.